The molecule has 156 valence electrons. The van der Waals surface area contributed by atoms with Gasteiger partial charge in [0.25, 0.3) is 0 Å². The van der Waals surface area contributed by atoms with E-state index >= 15 is 0 Å². The van der Waals surface area contributed by atoms with Gasteiger partial charge in [-0.2, -0.15) is 0 Å². The van der Waals surface area contributed by atoms with Crippen molar-refractivity contribution in [1.82, 2.24) is 24.6 Å². The molecule has 0 amide bonds. The normalized spacial score (nSPS) is 12.5. The monoisotopic (exact) mass is 416 g/mol. The summed E-state index contributed by atoms with van der Waals surface area (Å²) in [5.41, 5.74) is 4.24. The molecule has 0 radical (unpaired) electrons. The van der Waals surface area contributed by atoms with Gasteiger partial charge in [0.15, 0.2) is 11.5 Å². The number of benzene rings is 1. The number of aromatic amines is 1. The second-order valence-corrected chi connectivity index (χ2v) is 7.35. The molecule has 4 heterocycles. The van der Waals surface area contributed by atoms with Crippen LogP contribution in [0.3, 0.4) is 0 Å². The fourth-order valence-electron chi connectivity index (χ4n) is 3.93. The number of rotatable bonds is 5. The van der Waals surface area contributed by atoms with Crippen LogP contribution < -0.4 is 4.90 Å². The molecule has 0 aliphatic rings. The van der Waals surface area contributed by atoms with Gasteiger partial charge in [-0.25, -0.2) is 13.9 Å². The Kier molecular flexibility index (Phi) is 4.63. The number of hydrogen-bond donors (Lipinski definition) is 2. The maximum atomic E-state index is 13.7. The SMILES string of the molecule is CCN(c1nn2ccc(-c3cncc(F)c3)nc2c1C(C)O)c1c[nH]c2ccccc12. The van der Waals surface area contributed by atoms with Crippen LogP contribution in [0, 0.1) is 5.82 Å². The van der Waals surface area contributed by atoms with E-state index in [9.17, 15) is 9.50 Å². The Morgan fingerprint density at radius 3 is 2.84 bits per heavy atom. The minimum Gasteiger partial charge on any atom is -0.388 e. The lowest BCUT2D eigenvalue weighted by Crippen LogP contribution is -2.18. The molecule has 4 aromatic heterocycles. The molecule has 1 unspecified atom stereocenters. The molecule has 5 aromatic rings. The first-order valence-electron chi connectivity index (χ1n) is 10.1. The van der Waals surface area contributed by atoms with Crippen molar-refractivity contribution >= 4 is 28.1 Å². The lowest BCUT2D eigenvalue weighted by Gasteiger charge is -2.21. The van der Waals surface area contributed by atoms with Gasteiger partial charge in [0, 0.05) is 41.6 Å². The van der Waals surface area contributed by atoms with Gasteiger partial charge in [-0.05, 0) is 32.0 Å². The van der Waals surface area contributed by atoms with Crippen molar-refractivity contribution in [1.29, 1.82) is 0 Å². The van der Waals surface area contributed by atoms with Crippen LogP contribution in [0.2, 0.25) is 0 Å². The van der Waals surface area contributed by atoms with E-state index in [4.69, 9.17) is 5.10 Å². The molecule has 1 atom stereocenters. The number of nitrogens with one attached hydrogen (secondary N) is 1. The molecule has 0 aliphatic heterocycles. The average molecular weight is 416 g/mol. The van der Waals surface area contributed by atoms with E-state index in [1.54, 1.807) is 29.9 Å². The number of fused-ring (bicyclic) bond motifs is 2. The number of para-hydroxylation sites is 1. The van der Waals surface area contributed by atoms with Crippen LogP contribution in [-0.4, -0.2) is 36.2 Å². The van der Waals surface area contributed by atoms with Crippen molar-refractivity contribution in [2.75, 3.05) is 11.4 Å². The van der Waals surface area contributed by atoms with E-state index in [0.29, 0.717) is 34.8 Å². The quantitative estimate of drug-likeness (QED) is 0.437. The molecule has 7 nitrogen and oxygen atoms in total. The zero-order valence-electron chi connectivity index (χ0n) is 17.1. The predicted molar refractivity (Wildman–Crippen MR) is 118 cm³/mol. The highest BCUT2D eigenvalue weighted by Crippen LogP contribution is 2.37. The van der Waals surface area contributed by atoms with Gasteiger partial charge in [-0.15, -0.1) is 5.10 Å². The van der Waals surface area contributed by atoms with Crippen LogP contribution in [0.25, 0.3) is 27.8 Å². The van der Waals surface area contributed by atoms with E-state index in [1.165, 1.54) is 6.07 Å². The van der Waals surface area contributed by atoms with Gasteiger partial charge < -0.3 is 15.0 Å². The maximum Gasteiger partial charge on any atom is 0.163 e. The van der Waals surface area contributed by atoms with E-state index in [-0.39, 0.29) is 0 Å². The number of nitrogens with zero attached hydrogens (tertiary/aromatic N) is 5. The Hall–Kier alpha value is -3.78. The molecule has 0 aliphatic carbocycles. The molecule has 0 spiro atoms. The summed E-state index contributed by atoms with van der Waals surface area (Å²) >= 11 is 0. The molecule has 8 heteroatoms. The molecule has 2 N–H and O–H groups in total. The Bertz CT molecular complexity index is 1390. The van der Waals surface area contributed by atoms with E-state index in [0.717, 1.165) is 22.8 Å². The first-order chi connectivity index (χ1) is 15.1. The zero-order chi connectivity index (χ0) is 21.5. The molecule has 31 heavy (non-hydrogen) atoms. The highest BCUT2D eigenvalue weighted by Gasteiger charge is 2.25. The number of halogens is 1. The molecule has 1 aromatic carbocycles. The lowest BCUT2D eigenvalue weighted by atomic mass is 10.1. The van der Waals surface area contributed by atoms with Crippen molar-refractivity contribution in [3.63, 3.8) is 0 Å². The van der Waals surface area contributed by atoms with Crippen LogP contribution in [0.1, 0.15) is 25.5 Å². The topological polar surface area (TPSA) is 82.3 Å². The summed E-state index contributed by atoms with van der Waals surface area (Å²) in [7, 11) is 0. The fraction of sp³-hybridized carbons (Fsp3) is 0.174. The highest BCUT2D eigenvalue weighted by atomic mass is 19.1. The number of aliphatic hydroxyl groups is 1. The van der Waals surface area contributed by atoms with Gasteiger partial charge in [0.1, 0.15) is 5.82 Å². The second-order valence-electron chi connectivity index (χ2n) is 7.35. The van der Waals surface area contributed by atoms with Crippen LogP contribution in [0.5, 0.6) is 0 Å². The number of H-pyrrole nitrogens is 1. The van der Waals surface area contributed by atoms with Gasteiger partial charge in [0.2, 0.25) is 0 Å². The third-order valence-corrected chi connectivity index (χ3v) is 5.35. The summed E-state index contributed by atoms with van der Waals surface area (Å²) in [5, 5.41) is 16.5. The van der Waals surface area contributed by atoms with E-state index < -0.39 is 11.9 Å². The Morgan fingerprint density at radius 1 is 1.23 bits per heavy atom. The zero-order valence-corrected chi connectivity index (χ0v) is 17.1. The van der Waals surface area contributed by atoms with Crippen molar-refractivity contribution in [2.45, 2.75) is 20.0 Å². The van der Waals surface area contributed by atoms with E-state index in [2.05, 4.69) is 25.9 Å². The highest BCUT2D eigenvalue weighted by molar-refractivity contribution is 5.95. The third-order valence-electron chi connectivity index (χ3n) is 5.35. The minimum atomic E-state index is -0.805. The lowest BCUT2D eigenvalue weighted by molar-refractivity contribution is 0.201. The van der Waals surface area contributed by atoms with Gasteiger partial charge >= 0.3 is 0 Å². The third kappa shape index (κ3) is 3.21. The summed E-state index contributed by atoms with van der Waals surface area (Å²) in [5.74, 6) is 0.199. The van der Waals surface area contributed by atoms with Crippen LogP contribution in [0.4, 0.5) is 15.9 Å². The Morgan fingerprint density at radius 2 is 2.06 bits per heavy atom. The minimum absolute atomic E-state index is 0.430. The summed E-state index contributed by atoms with van der Waals surface area (Å²) in [4.78, 5) is 13.9. The average Bonchev–Trinajstić information content (AvgIpc) is 3.36. The number of pyridine rings is 1. The number of anilines is 2. The molecule has 0 fully saturated rings. The fourth-order valence-corrected chi connectivity index (χ4v) is 3.93. The summed E-state index contributed by atoms with van der Waals surface area (Å²) in [6.45, 7) is 4.38. The smallest absolute Gasteiger partial charge is 0.163 e. The van der Waals surface area contributed by atoms with Crippen LogP contribution >= 0.6 is 0 Å². The van der Waals surface area contributed by atoms with Gasteiger partial charge in [0.05, 0.1) is 29.2 Å². The Balaban J connectivity index is 1.70. The number of aromatic nitrogens is 5. The standard InChI is InChI=1S/C23H21FN6O/c1-3-29(20-13-26-19-7-5-4-6-17(19)20)23-21(14(2)31)22-27-18(8-9-30(22)28-23)15-10-16(24)12-25-11-15/h4-14,26,31H,3H2,1-2H3. The summed E-state index contributed by atoms with van der Waals surface area (Å²) in [6.07, 6.45) is 5.62. The maximum absolute atomic E-state index is 13.7. The first kappa shape index (κ1) is 19.2. The largest absolute Gasteiger partial charge is 0.388 e. The molecular formula is C23H21FN6O. The van der Waals surface area contributed by atoms with Crippen molar-refractivity contribution in [3.8, 4) is 11.3 Å². The van der Waals surface area contributed by atoms with Crippen LogP contribution in [0.15, 0.2) is 61.2 Å². The van der Waals surface area contributed by atoms with Gasteiger partial charge in [-0.3, -0.25) is 4.98 Å². The number of aliphatic hydroxyl groups excluding tert-OH is 1. The predicted octanol–water partition coefficient (Wildman–Crippen LogP) is 4.62. The number of hydrogen-bond acceptors (Lipinski definition) is 5. The first-order valence-corrected chi connectivity index (χ1v) is 10.1. The summed E-state index contributed by atoms with van der Waals surface area (Å²) < 4.78 is 15.3. The second kappa shape index (κ2) is 7.48. The van der Waals surface area contributed by atoms with Crippen LogP contribution in [-0.2, 0) is 0 Å². The Labute approximate surface area is 177 Å². The van der Waals surface area contributed by atoms with Crippen molar-refractivity contribution in [3.05, 3.63) is 72.6 Å². The molecule has 0 bridgehead atoms. The van der Waals surface area contributed by atoms with Crippen molar-refractivity contribution < 1.29 is 9.50 Å². The van der Waals surface area contributed by atoms with Crippen molar-refractivity contribution in [2.24, 2.45) is 0 Å². The van der Waals surface area contributed by atoms with Gasteiger partial charge in [-0.1, -0.05) is 18.2 Å². The van der Waals surface area contributed by atoms with E-state index in [1.807, 2.05) is 31.3 Å². The summed E-state index contributed by atoms with van der Waals surface area (Å²) in [6, 6.07) is 11.2. The molecule has 5 rings (SSSR count). The molecule has 0 saturated carbocycles. The molecule has 0 saturated heterocycles. The molecular weight excluding hydrogens is 395 g/mol.